The van der Waals surface area contributed by atoms with Crippen LogP contribution in [0.2, 0.25) is 0 Å². The number of anilines is 5. The van der Waals surface area contributed by atoms with Gasteiger partial charge in [0.2, 0.25) is 0 Å². The van der Waals surface area contributed by atoms with Gasteiger partial charge >= 0.3 is 6.85 Å². The van der Waals surface area contributed by atoms with Gasteiger partial charge in [-0.2, -0.15) is 0 Å². The fraction of sp³-hybridized carbons (Fsp3) is 0.206. The van der Waals surface area contributed by atoms with Crippen LogP contribution in [0, 0.1) is 13.8 Å². The van der Waals surface area contributed by atoms with Gasteiger partial charge in [0.25, 0.3) is 0 Å². The Balaban J connectivity index is 1.14. The minimum Gasteiger partial charge on any atom is -0.376 e. The quantitative estimate of drug-likeness (QED) is 0.163. The second-order valence-electron chi connectivity index (χ2n) is 23.6. The van der Waals surface area contributed by atoms with E-state index >= 15 is 0 Å². The molecule has 9 aromatic carbocycles. The number of rotatable bonds is 3. The molecule has 0 radical (unpaired) electrons. The summed E-state index contributed by atoms with van der Waals surface area (Å²) in [5.74, 6) is 0. The van der Waals surface area contributed by atoms with Gasteiger partial charge in [-0.25, -0.2) is 0 Å². The minimum absolute atomic E-state index is 0.0337. The molecule has 5 heteroatoms. The van der Waals surface area contributed by atoms with E-state index in [1.165, 1.54) is 154 Å². The maximum Gasteiger partial charge on any atom is 0.333 e. The highest BCUT2D eigenvalue weighted by Crippen LogP contribution is 2.59. The van der Waals surface area contributed by atoms with E-state index in [4.69, 9.17) is 0 Å². The predicted molar refractivity (Wildman–Crippen MR) is 314 cm³/mol. The van der Waals surface area contributed by atoms with Crippen molar-refractivity contribution < 1.29 is 0 Å². The SMILES string of the molecule is Cc1ccc(N2B3c4cc5c(cc4N(c4cc6c(cc4C)C(C)(C)CCC6(C)C)c4cc6c(c(c43)-c3c2ccc2c3sc3ccccc32)Cc2ccccc2-6)Sc2ccccc2C5(C)C)c(-c2ccccc2)c1. The minimum atomic E-state index is -0.225. The van der Waals surface area contributed by atoms with Gasteiger partial charge in [0.1, 0.15) is 0 Å². The fourth-order valence-corrected chi connectivity index (χ4v) is 16.7. The van der Waals surface area contributed by atoms with E-state index in [9.17, 15) is 0 Å². The van der Waals surface area contributed by atoms with Crippen molar-refractivity contribution >= 4 is 89.5 Å². The van der Waals surface area contributed by atoms with Crippen LogP contribution in [0.5, 0.6) is 0 Å². The van der Waals surface area contributed by atoms with Gasteiger partial charge in [-0.3, -0.25) is 0 Å². The summed E-state index contributed by atoms with van der Waals surface area (Å²) in [6.45, 7) is 19.3. The monoisotopic (exact) mass is 976 g/mol. The first kappa shape index (κ1) is 43.8. The topological polar surface area (TPSA) is 6.48 Å². The lowest BCUT2D eigenvalue weighted by Gasteiger charge is -2.48. The first-order valence-corrected chi connectivity index (χ1v) is 28.0. The summed E-state index contributed by atoms with van der Waals surface area (Å²) >= 11 is 3.92. The predicted octanol–water partition coefficient (Wildman–Crippen LogP) is 17.8. The summed E-state index contributed by atoms with van der Waals surface area (Å²) in [6.07, 6.45) is 3.25. The number of fused-ring (bicyclic) bond motifs is 15. The Hall–Kier alpha value is -6.79. The van der Waals surface area contributed by atoms with Crippen LogP contribution in [0.15, 0.2) is 174 Å². The average Bonchev–Trinajstić information content (AvgIpc) is 3.96. The van der Waals surface area contributed by atoms with E-state index in [2.05, 4.69) is 229 Å². The van der Waals surface area contributed by atoms with E-state index in [1.807, 2.05) is 23.1 Å². The second-order valence-corrected chi connectivity index (χ2v) is 25.7. The molecule has 2 aliphatic carbocycles. The van der Waals surface area contributed by atoms with Crippen LogP contribution in [0.1, 0.15) is 98.9 Å². The third kappa shape index (κ3) is 6.07. The van der Waals surface area contributed by atoms with Crippen LogP contribution in [0.25, 0.3) is 53.6 Å². The molecule has 2 nitrogen and oxygen atoms in total. The van der Waals surface area contributed by atoms with Gasteiger partial charge in [0, 0.05) is 74.9 Å². The lowest BCUT2D eigenvalue weighted by molar-refractivity contribution is 0.332. The molecule has 0 spiro atoms. The summed E-state index contributed by atoms with van der Waals surface area (Å²) in [5, 5.41) is 2.67. The van der Waals surface area contributed by atoms with Crippen molar-refractivity contribution in [3.05, 3.63) is 208 Å². The van der Waals surface area contributed by atoms with Crippen LogP contribution in [-0.4, -0.2) is 6.85 Å². The highest BCUT2D eigenvalue weighted by Gasteiger charge is 2.50. The molecule has 0 saturated carbocycles. The van der Waals surface area contributed by atoms with Crippen LogP contribution >= 0.6 is 23.1 Å². The molecule has 3 aliphatic heterocycles. The number of thiophene rings is 1. The molecule has 354 valence electrons. The number of hydrogen-bond donors (Lipinski definition) is 0. The fourth-order valence-electron chi connectivity index (χ4n) is 14.0. The molecule has 1 aromatic heterocycles. The molecular weight excluding hydrogens is 920 g/mol. The Kier molecular flexibility index (Phi) is 9.09. The highest BCUT2D eigenvalue weighted by molar-refractivity contribution is 7.99. The number of benzene rings is 9. The Morgan fingerprint density at radius 1 is 0.507 bits per heavy atom. The van der Waals surface area contributed by atoms with Gasteiger partial charge in [-0.1, -0.05) is 174 Å². The summed E-state index contributed by atoms with van der Waals surface area (Å²) < 4.78 is 2.70. The largest absolute Gasteiger partial charge is 0.376 e. The molecule has 0 unspecified atom stereocenters. The van der Waals surface area contributed by atoms with E-state index in [-0.39, 0.29) is 23.1 Å². The van der Waals surface area contributed by atoms with Gasteiger partial charge in [-0.05, 0) is 165 Å². The molecule has 0 amide bonds. The Bertz CT molecular complexity index is 4060. The molecular formula is C68H57BN2S2. The van der Waals surface area contributed by atoms with Gasteiger partial charge in [0.15, 0.2) is 0 Å². The molecule has 15 rings (SSSR count). The zero-order valence-corrected chi connectivity index (χ0v) is 44.6. The third-order valence-corrected chi connectivity index (χ3v) is 20.3. The van der Waals surface area contributed by atoms with E-state index in [0.29, 0.717) is 0 Å². The Labute approximate surface area is 438 Å². The lowest BCUT2D eigenvalue weighted by atomic mass is 9.42. The Morgan fingerprint density at radius 3 is 2.07 bits per heavy atom. The van der Waals surface area contributed by atoms with Gasteiger partial charge < -0.3 is 9.71 Å². The first-order valence-electron chi connectivity index (χ1n) is 26.4. The maximum absolute atomic E-state index is 2.80. The zero-order chi connectivity index (χ0) is 49.4. The standard InChI is InChI=1S/C68H57BN2S2/c1-39-26-28-54(46(32-39)41-18-10-9-11-19-41)71-55-29-27-45-44-22-14-16-24-59(44)73-65(45)63(55)62-48-34-42-20-12-13-21-43(42)47(48)35-58-64(62)69(71)53-36-52-61(72-60-25-17-15-23-49(60)68(52,7)8)38-57(53)70(58)56-37-51-50(33-40(56)2)66(3,4)30-31-67(51,5)6/h9-29,32-33,35-38H,30-31,34H2,1-8H3. The van der Waals surface area contributed by atoms with Crippen LogP contribution < -0.4 is 20.6 Å². The van der Waals surface area contributed by atoms with Crippen LogP contribution in [-0.2, 0) is 22.7 Å². The van der Waals surface area contributed by atoms with Crippen molar-refractivity contribution in [1.82, 2.24) is 0 Å². The second kappa shape index (κ2) is 15.2. The molecule has 4 heterocycles. The van der Waals surface area contributed by atoms with Crippen molar-refractivity contribution in [2.24, 2.45) is 0 Å². The van der Waals surface area contributed by atoms with E-state index in [0.717, 1.165) is 12.8 Å². The summed E-state index contributed by atoms with van der Waals surface area (Å²) in [6, 6.07) is 63.9. The zero-order valence-electron chi connectivity index (χ0n) is 43.0. The number of hydrogen-bond acceptors (Lipinski definition) is 4. The summed E-state index contributed by atoms with van der Waals surface area (Å²) in [4.78, 5) is 8.25. The number of nitrogens with zero attached hydrogens (tertiary/aromatic N) is 2. The highest BCUT2D eigenvalue weighted by atomic mass is 32.2. The normalized spacial score (nSPS) is 16.8. The Morgan fingerprint density at radius 2 is 1.23 bits per heavy atom. The molecule has 0 bridgehead atoms. The molecule has 10 aromatic rings. The first-order chi connectivity index (χ1) is 35.3. The smallest absolute Gasteiger partial charge is 0.333 e. The lowest BCUT2D eigenvalue weighted by Crippen LogP contribution is -2.62. The molecule has 0 N–H and O–H groups in total. The molecule has 5 aliphatic rings. The van der Waals surface area contributed by atoms with E-state index in [1.54, 1.807) is 0 Å². The molecule has 73 heavy (non-hydrogen) atoms. The van der Waals surface area contributed by atoms with E-state index < -0.39 is 0 Å². The summed E-state index contributed by atoms with van der Waals surface area (Å²) in [5.41, 5.74) is 28.3. The van der Waals surface area contributed by atoms with Crippen molar-refractivity contribution in [3.8, 4) is 33.4 Å². The molecule has 0 fully saturated rings. The van der Waals surface area contributed by atoms with Crippen LogP contribution in [0.3, 0.4) is 0 Å². The molecule has 0 saturated heterocycles. The van der Waals surface area contributed by atoms with Crippen molar-refractivity contribution in [1.29, 1.82) is 0 Å². The number of aryl methyl sites for hydroxylation is 2. The van der Waals surface area contributed by atoms with Crippen molar-refractivity contribution in [2.75, 3.05) is 9.71 Å². The van der Waals surface area contributed by atoms with Gasteiger partial charge in [0.05, 0.1) is 0 Å². The average molecular weight is 977 g/mol. The van der Waals surface area contributed by atoms with Crippen molar-refractivity contribution in [2.45, 2.75) is 101 Å². The molecule has 0 atom stereocenters. The van der Waals surface area contributed by atoms with Gasteiger partial charge in [-0.15, -0.1) is 11.3 Å². The summed E-state index contributed by atoms with van der Waals surface area (Å²) in [7, 11) is 0. The third-order valence-electron chi connectivity index (χ3n) is 18.0. The maximum atomic E-state index is 2.80. The van der Waals surface area contributed by atoms with Crippen molar-refractivity contribution in [3.63, 3.8) is 0 Å². The van der Waals surface area contributed by atoms with Crippen LogP contribution in [0.4, 0.5) is 28.4 Å².